The lowest BCUT2D eigenvalue weighted by Gasteiger charge is -2.21. The number of carbonyl (C=O) groups is 1. The fourth-order valence-corrected chi connectivity index (χ4v) is 1.98. The monoisotopic (exact) mass is 196 g/mol. The fraction of sp³-hybridized carbons (Fsp3) is 0.909. The van der Waals surface area contributed by atoms with Crippen molar-refractivity contribution in [3.05, 3.63) is 0 Å². The Morgan fingerprint density at radius 3 is 2.93 bits per heavy atom. The summed E-state index contributed by atoms with van der Waals surface area (Å²) in [5.41, 5.74) is 0. The van der Waals surface area contributed by atoms with Crippen molar-refractivity contribution < 1.29 is 4.79 Å². The van der Waals surface area contributed by atoms with E-state index in [-0.39, 0.29) is 0 Å². The van der Waals surface area contributed by atoms with Gasteiger partial charge in [-0.3, -0.25) is 4.79 Å². The number of nitrogens with one attached hydrogen (secondary N) is 1. The lowest BCUT2D eigenvalue weighted by Crippen LogP contribution is -2.40. The van der Waals surface area contributed by atoms with Gasteiger partial charge < -0.3 is 10.2 Å². The summed E-state index contributed by atoms with van der Waals surface area (Å²) in [6.07, 6.45) is 4.59. The van der Waals surface area contributed by atoms with Gasteiger partial charge in [0.15, 0.2) is 0 Å². The molecule has 1 aliphatic heterocycles. The first-order valence-corrected chi connectivity index (χ1v) is 5.77. The summed E-state index contributed by atoms with van der Waals surface area (Å²) in [4.78, 5) is 13.3. The van der Waals surface area contributed by atoms with Crippen LogP contribution in [0.4, 0.5) is 0 Å². The van der Waals surface area contributed by atoms with Crippen molar-refractivity contribution in [3.8, 4) is 0 Å². The lowest BCUT2D eigenvalue weighted by molar-refractivity contribution is -0.127. The van der Waals surface area contributed by atoms with Gasteiger partial charge in [-0.05, 0) is 38.6 Å². The molecule has 2 aliphatic rings. The molecular formula is C11H20N2O. The van der Waals surface area contributed by atoms with E-state index in [1.807, 2.05) is 4.90 Å². The maximum Gasteiger partial charge on any atom is 0.222 e. The van der Waals surface area contributed by atoms with E-state index >= 15 is 0 Å². The Hall–Kier alpha value is -0.570. The van der Waals surface area contributed by atoms with Crippen molar-refractivity contribution >= 4 is 5.91 Å². The SMILES string of the molecule is CC(CN1CCCC1=O)NCC1CC1. The van der Waals surface area contributed by atoms with E-state index in [1.54, 1.807) is 0 Å². The predicted octanol–water partition coefficient (Wildman–Crippen LogP) is 0.997. The Kier molecular flexibility index (Phi) is 3.06. The van der Waals surface area contributed by atoms with Crippen LogP contribution in [0, 0.1) is 5.92 Å². The minimum absolute atomic E-state index is 0.338. The Bertz CT molecular complexity index is 213. The largest absolute Gasteiger partial charge is 0.341 e. The average Bonchev–Trinajstić information content (AvgIpc) is 2.90. The molecule has 1 unspecified atom stereocenters. The third-order valence-corrected chi connectivity index (χ3v) is 3.12. The van der Waals surface area contributed by atoms with Gasteiger partial charge in [0.25, 0.3) is 0 Å². The Balaban J connectivity index is 1.64. The molecule has 1 heterocycles. The first-order valence-electron chi connectivity index (χ1n) is 5.77. The van der Waals surface area contributed by atoms with Gasteiger partial charge in [-0.1, -0.05) is 0 Å². The Morgan fingerprint density at radius 1 is 1.57 bits per heavy atom. The van der Waals surface area contributed by atoms with Crippen molar-refractivity contribution in [2.75, 3.05) is 19.6 Å². The molecular weight excluding hydrogens is 176 g/mol. The lowest BCUT2D eigenvalue weighted by atomic mass is 10.3. The van der Waals surface area contributed by atoms with Gasteiger partial charge in [-0.25, -0.2) is 0 Å². The average molecular weight is 196 g/mol. The third-order valence-electron chi connectivity index (χ3n) is 3.12. The summed E-state index contributed by atoms with van der Waals surface area (Å²) in [6, 6.07) is 0.456. The smallest absolute Gasteiger partial charge is 0.222 e. The number of hydrogen-bond donors (Lipinski definition) is 1. The Morgan fingerprint density at radius 2 is 2.36 bits per heavy atom. The van der Waals surface area contributed by atoms with Gasteiger partial charge in [0.2, 0.25) is 5.91 Å². The normalized spacial score (nSPS) is 24.4. The van der Waals surface area contributed by atoms with Gasteiger partial charge in [-0.2, -0.15) is 0 Å². The van der Waals surface area contributed by atoms with E-state index in [2.05, 4.69) is 12.2 Å². The molecule has 0 bridgehead atoms. The van der Waals surface area contributed by atoms with Crippen LogP contribution >= 0.6 is 0 Å². The van der Waals surface area contributed by atoms with Crippen molar-refractivity contribution in [1.29, 1.82) is 0 Å². The summed E-state index contributed by atoms with van der Waals surface area (Å²) in [5, 5.41) is 3.50. The van der Waals surface area contributed by atoms with Crippen molar-refractivity contribution in [2.24, 2.45) is 5.92 Å². The van der Waals surface area contributed by atoms with E-state index in [4.69, 9.17) is 0 Å². The van der Waals surface area contributed by atoms with Crippen LogP contribution < -0.4 is 5.32 Å². The van der Waals surface area contributed by atoms with Gasteiger partial charge in [0.05, 0.1) is 0 Å². The second-order valence-electron chi connectivity index (χ2n) is 4.70. The third kappa shape index (κ3) is 2.71. The standard InChI is InChI=1S/C11H20N2O/c1-9(12-7-10-4-5-10)8-13-6-2-3-11(13)14/h9-10,12H,2-8H2,1H3. The zero-order valence-electron chi connectivity index (χ0n) is 8.96. The molecule has 2 fully saturated rings. The maximum absolute atomic E-state index is 11.4. The summed E-state index contributed by atoms with van der Waals surface area (Å²) in [5.74, 6) is 1.26. The molecule has 2 rings (SSSR count). The van der Waals surface area contributed by atoms with Gasteiger partial charge in [0, 0.05) is 25.6 Å². The second kappa shape index (κ2) is 4.30. The summed E-state index contributed by atoms with van der Waals surface area (Å²) < 4.78 is 0. The van der Waals surface area contributed by atoms with Crippen LogP contribution in [0.5, 0.6) is 0 Å². The van der Waals surface area contributed by atoms with Crippen LogP contribution in [-0.2, 0) is 4.79 Å². The van der Waals surface area contributed by atoms with E-state index in [9.17, 15) is 4.79 Å². The van der Waals surface area contributed by atoms with E-state index in [1.165, 1.54) is 12.8 Å². The molecule has 1 saturated heterocycles. The van der Waals surface area contributed by atoms with Crippen molar-refractivity contribution in [3.63, 3.8) is 0 Å². The molecule has 1 aliphatic carbocycles. The number of hydrogen-bond acceptors (Lipinski definition) is 2. The number of likely N-dealkylation sites (tertiary alicyclic amines) is 1. The molecule has 14 heavy (non-hydrogen) atoms. The minimum Gasteiger partial charge on any atom is -0.341 e. The minimum atomic E-state index is 0.338. The highest BCUT2D eigenvalue weighted by Crippen LogP contribution is 2.27. The molecule has 0 radical (unpaired) electrons. The molecule has 1 amide bonds. The molecule has 1 N–H and O–H groups in total. The number of nitrogens with zero attached hydrogens (tertiary/aromatic N) is 1. The van der Waals surface area contributed by atoms with Crippen molar-refractivity contribution in [1.82, 2.24) is 10.2 Å². The maximum atomic E-state index is 11.4. The highest BCUT2D eigenvalue weighted by Gasteiger charge is 2.24. The van der Waals surface area contributed by atoms with Gasteiger partial charge in [0.1, 0.15) is 0 Å². The predicted molar refractivity (Wildman–Crippen MR) is 56.0 cm³/mol. The van der Waals surface area contributed by atoms with Crippen LogP contribution in [0.3, 0.4) is 0 Å². The summed E-state index contributed by atoms with van der Waals surface area (Å²) in [6.45, 7) is 5.18. The van der Waals surface area contributed by atoms with Gasteiger partial charge >= 0.3 is 0 Å². The number of amides is 1. The van der Waals surface area contributed by atoms with Crippen LogP contribution in [-0.4, -0.2) is 36.5 Å². The first-order chi connectivity index (χ1) is 6.75. The second-order valence-corrected chi connectivity index (χ2v) is 4.70. The van der Waals surface area contributed by atoms with Crippen LogP contribution in [0.25, 0.3) is 0 Å². The van der Waals surface area contributed by atoms with E-state index < -0.39 is 0 Å². The molecule has 1 atom stereocenters. The number of rotatable bonds is 5. The highest BCUT2D eigenvalue weighted by molar-refractivity contribution is 5.78. The number of carbonyl (C=O) groups excluding carboxylic acids is 1. The van der Waals surface area contributed by atoms with E-state index in [0.29, 0.717) is 11.9 Å². The molecule has 3 nitrogen and oxygen atoms in total. The van der Waals surface area contributed by atoms with Crippen LogP contribution in [0.15, 0.2) is 0 Å². The molecule has 0 spiro atoms. The fourth-order valence-electron chi connectivity index (χ4n) is 1.98. The van der Waals surface area contributed by atoms with Gasteiger partial charge in [-0.15, -0.1) is 0 Å². The molecule has 0 aromatic carbocycles. The Labute approximate surface area is 85.8 Å². The van der Waals surface area contributed by atoms with Crippen LogP contribution in [0.2, 0.25) is 0 Å². The highest BCUT2D eigenvalue weighted by atomic mass is 16.2. The summed E-state index contributed by atoms with van der Waals surface area (Å²) in [7, 11) is 0. The van der Waals surface area contributed by atoms with E-state index in [0.717, 1.165) is 38.4 Å². The first kappa shape index (κ1) is 9.97. The summed E-state index contributed by atoms with van der Waals surface area (Å²) >= 11 is 0. The zero-order valence-corrected chi connectivity index (χ0v) is 8.96. The molecule has 80 valence electrons. The molecule has 0 aromatic rings. The quantitative estimate of drug-likeness (QED) is 0.711. The van der Waals surface area contributed by atoms with Crippen molar-refractivity contribution in [2.45, 2.75) is 38.6 Å². The van der Waals surface area contributed by atoms with Crippen LogP contribution in [0.1, 0.15) is 32.6 Å². The molecule has 0 aromatic heterocycles. The molecule has 3 heteroatoms. The zero-order chi connectivity index (χ0) is 9.97. The topological polar surface area (TPSA) is 32.3 Å². The molecule has 1 saturated carbocycles.